The maximum atomic E-state index is 9.96. The number of hydrogen-bond acceptors (Lipinski definition) is 8. The second-order valence-electron chi connectivity index (χ2n) is 9.37. The summed E-state index contributed by atoms with van der Waals surface area (Å²) in [5, 5.41) is 8.31. The highest BCUT2D eigenvalue weighted by molar-refractivity contribution is 7.99. The highest BCUT2D eigenvalue weighted by Gasteiger charge is 2.11. The number of allylic oxidation sites excluding steroid dienone is 3. The van der Waals surface area contributed by atoms with Gasteiger partial charge in [-0.15, -0.1) is 28.5 Å². The van der Waals surface area contributed by atoms with Crippen molar-refractivity contribution in [3.05, 3.63) is 66.8 Å². The van der Waals surface area contributed by atoms with E-state index >= 15 is 0 Å². The van der Waals surface area contributed by atoms with Crippen molar-refractivity contribution in [1.29, 1.82) is 0 Å². The molecular weight excluding hydrogens is 522 g/mol. The third-order valence-corrected chi connectivity index (χ3v) is 6.23. The zero-order chi connectivity index (χ0) is 30.0. The molecule has 0 saturated carbocycles. The Bertz CT molecular complexity index is 927. The molecule has 0 aliphatic carbocycles. The van der Waals surface area contributed by atoms with Gasteiger partial charge in [-0.3, -0.25) is 4.79 Å². The Labute approximate surface area is 247 Å². The third kappa shape index (κ3) is 21.2. The fourth-order valence-electron chi connectivity index (χ4n) is 3.35. The van der Waals surface area contributed by atoms with Crippen molar-refractivity contribution in [1.82, 2.24) is 4.90 Å². The minimum Gasteiger partial charge on any atom is -0.493 e. The topological polar surface area (TPSA) is 72.7 Å². The van der Waals surface area contributed by atoms with Gasteiger partial charge in [0.15, 0.2) is 5.78 Å². The van der Waals surface area contributed by atoms with Gasteiger partial charge >= 0.3 is 0 Å². The highest BCUT2D eigenvalue weighted by Crippen LogP contribution is 2.11. The van der Waals surface area contributed by atoms with Gasteiger partial charge in [0.1, 0.15) is 18.1 Å². The van der Waals surface area contributed by atoms with E-state index in [-0.39, 0.29) is 5.78 Å². The summed E-state index contributed by atoms with van der Waals surface area (Å²) in [6.45, 7) is 17.0. The predicted octanol–water partition coefficient (Wildman–Crippen LogP) is 6.87. The Balaban J connectivity index is 0.000000682. The normalized spacial score (nSPS) is 13.7. The number of rotatable bonds is 16. The molecule has 1 heterocycles. The lowest BCUT2D eigenvalue weighted by Gasteiger charge is -2.20. The molecule has 0 spiro atoms. The van der Waals surface area contributed by atoms with E-state index in [1.807, 2.05) is 57.2 Å². The number of benzene rings is 1. The summed E-state index contributed by atoms with van der Waals surface area (Å²) >= 11 is 1.73. The first-order valence-corrected chi connectivity index (χ1v) is 15.0. The number of ketones is 1. The van der Waals surface area contributed by atoms with Crippen LogP contribution in [0.5, 0.6) is 5.75 Å². The SMILES string of the molecule is C/C=C(\C)C1=NN=C(CSCCOc2ccccc2)OC1.C/C=C\C(C)=O.C=CCOCC(CCC)CN(C)C. The molecule has 0 amide bonds. The monoisotopic (exact) mass is 573 g/mol. The summed E-state index contributed by atoms with van der Waals surface area (Å²) in [7, 11) is 4.21. The van der Waals surface area contributed by atoms with E-state index in [0.29, 0.717) is 31.6 Å². The van der Waals surface area contributed by atoms with Crippen LogP contribution in [0.4, 0.5) is 0 Å². The van der Waals surface area contributed by atoms with Crippen LogP contribution in [-0.2, 0) is 14.3 Å². The van der Waals surface area contributed by atoms with Gasteiger partial charge in [-0.05, 0) is 77.9 Å². The molecule has 0 radical (unpaired) electrons. The van der Waals surface area contributed by atoms with Gasteiger partial charge in [0.25, 0.3) is 0 Å². The molecule has 2 rings (SSSR count). The number of ether oxygens (including phenoxy) is 3. The summed E-state index contributed by atoms with van der Waals surface area (Å²) < 4.78 is 16.7. The number of thioether (sulfide) groups is 1. The van der Waals surface area contributed by atoms with Gasteiger partial charge in [-0.1, -0.05) is 49.8 Å². The Morgan fingerprint density at radius 1 is 1.20 bits per heavy atom. The predicted molar refractivity (Wildman–Crippen MR) is 173 cm³/mol. The maximum absolute atomic E-state index is 9.96. The summed E-state index contributed by atoms with van der Waals surface area (Å²) in [5.41, 5.74) is 2.01. The first-order chi connectivity index (χ1) is 19.3. The molecule has 224 valence electrons. The van der Waals surface area contributed by atoms with Gasteiger partial charge in [0.05, 0.1) is 25.6 Å². The van der Waals surface area contributed by atoms with Gasteiger partial charge in [-0.25, -0.2) is 0 Å². The maximum Gasteiger partial charge on any atom is 0.219 e. The van der Waals surface area contributed by atoms with E-state index in [4.69, 9.17) is 14.2 Å². The molecule has 1 aromatic rings. The van der Waals surface area contributed by atoms with E-state index < -0.39 is 0 Å². The lowest BCUT2D eigenvalue weighted by atomic mass is 10.0. The molecule has 0 saturated heterocycles. The molecule has 1 aliphatic heterocycles. The Kier molecular flexibility index (Phi) is 23.6. The number of nitrogens with zero attached hydrogens (tertiary/aromatic N) is 3. The average molecular weight is 574 g/mol. The quantitative estimate of drug-likeness (QED) is 0.122. The summed E-state index contributed by atoms with van der Waals surface area (Å²) in [6.07, 6.45) is 9.55. The van der Waals surface area contributed by atoms with E-state index in [9.17, 15) is 4.79 Å². The van der Waals surface area contributed by atoms with E-state index in [0.717, 1.165) is 41.7 Å². The van der Waals surface area contributed by atoms with Gasteiger partial charge < -0.3 is 19.1 Å². The lowest BCUT2D eigenvalue weighted by molar-refractivity contribution is -0.112. The Morgan fingerprint density at radius 3 is 2.42 bits per heavy atom. The van der Waals surface area contributed by atoms with E-state index in [1.165, 1.54) is 25.8 Å². The zero-order valence-electron chi connectivity index (χ0n) is 25.7. The second-order valence-corrected chi connectivity index (χ2v) is 10.5. The van der Waals surface area contributed by atoms with Gasteiger partial charge in [-0.2, -0.15) is 0 Å². The van der Waals surface area contributed by atoms with Crippen LogP contribution >= 0.6 is 11.8 Å². The number of hydrogen-bond donors (Lipinski definition) is 0. The lowest BCUT2D eigenvalue weighted by Crippen LogP contribution is -2.25. The van der Waals surface area contributed by atoms with Gasteiger partial charge in [0.2, 0.25) is 5.90 Å². The van der Waals surface area contributed by atoms with Crippen LogP contribution in [0.1, 0.15) is 47.5 Å². The highest BCUT2D eigenvalue weighted by atomic mass is 32.2. The number of para-hydroxylation sites is 1. The molecule has 0 aromatic heterocycles. The fraction of sp³-hybridized carbons (Fsp3) is 0.531. The molecule has 0 N–H and O–H groups in total. The van der Waals surface area contributed by atoms with E-state index in [1.54, 1.807) is 23.9 Å². The molecule has 7 nitrogen and oxygen atoms in total. The number of carbonyl (C=O) groups is 1. The van der Waals surface area contributed by atoms with Crippen LogP contribution in [0, 0.1) is 5.92 Å². The minimum atomic E-state index is 0.109. The average Bonchev–Trinajstić information content (AvgIpc) is 2.94. The fourth-order valence-corrected chi connectivity index (χ4v) is 4.02. The van der Waals surface area contributed by atoms with Crippen LogP contribution in [0.15, 0.2) is 77.0 Å². The summed E-state index contributed by atoms with van der Waals surface area (Å²) in [4.78, 5) is 12.2. The smallest absolute Gasteiger partial charge is 0.219 e. The largest absolute Gasteiger partial charge is 0.493 e. The van der Waals surface area contributed by atoms with Crippen molar-refractivity contribution in [3.63, 3.8) is 0 Å². The first-order valence-electron chi connectivity index (χ1n) is 13.9. The van der Waals surface area contributed by atoms with Crippen LogP contribution in [0.2, 0.25) is 0 Å². The molecule has 1 aromatic carbocycles. The molecule has 1 unspecified atom stereocenters. The van der Waals surface area contributed by atoms with Crippen molar-refractivity contribution < 1.29 is 19.0 Å². The molecule has 8 heteroatoms. The van der Waals surface area contributed by atoms with Crippen molar-refractivity contribution in [3.8, 4) is 5.75 Å². The molecule has 1 atom stereocenters. The third-order valence-electron chi connectivity index (χ3n) is 5.32. The molecule has 40 heavy (non-hydrogen) atoms. The minimum absolute atomic E-state index is 0.109. The van der Waals surface area contributed by atoms with Crippen LogP contribution in [-0.4, -0.2) is 80.9 Å². The zero-order valence-corrected chi connectivity index (χ0v) is 26.5. The first kappa shape index (κ1) is 37.3. The Morgan fingerprint density at radius 2 is 1.93 bits per heavy atom. The molecular formula is C32H51N3O4S. The Hall–Kier alpha value is -2.68. The molecule has 0 fully saturated rings. The standard InChI is InChI=1S/C16H20N2O2S.C11H23NO.C5H8O/c1-3-13(2)15-11-20-16(18-17-15)12-21-10-9-19-14-7-5-4-6-8-14;1-5-7-11(9-12(3)4)10-13-8-6-2;1-3-4-5(2)6/h3-8H,9-12H2,1-2H3;6,11H,2,5,7-10H2,1,3-4H3;3-4H,1-2H3/b13-3+;;4-3-. The molecule has 0 bridgehead atoms. The van der Waals surface area contributed by atoms with Crippen LogP contribution in [0.3, 0.4) is 0 Å². The summed E-state index contributed by atoms with van der Waals surface area (Å²) in [6, 6.07) is 9.83. The molecule has 1 aliphatic rings. The van der Waals surface area contributed by atoms with Crippen molar-refractivity contribution in [2.75, 3.05) is 58.6 Å². The summed E-state index contributed by atoms with van der Waals surface area (Å²) in [5.74, 6) is 3.98. The van der Waals surface area contributed by atoms with Crippen molar-refractivity contribution in [2.45, 2.75) is 47.5 Å². The number of carbonyl (C=O) groups excluding carboxylic acids is 1. The van der Waals surface area contributed by atoms with Crippen LogP contribution in [0.25, 0.3) is 0 Å². The van der Waals surface area contributed by atoms with E-state index in [2.05, 4.69) is 42.7 Å². The van der Waals surface area contributed by atoms with Crippen molar-refractivity contribution >= 4 is 29.2 Å². The van der Waals surface area contributed by atoms with Crippen LogP contribution < -0.4 is 4.74 Å². The second kappa shape index (κ2) is 25.3. The van der Waals surface area contributed by atoms with Crippen molar-refractivity contribution in [2.24, 2.45) is 16.1 Å². The van der Waals surface area contributed by atoms with Gasteiger partial charge in [0, 0.05) is 12.3 Å².